The molecule has 6 nitrogen and oxygen atoms in total. The second-order valence-corrected chi connectivity index (χ2v) is 4.85. The molecule has 0 amide bonds. The van der Waals surface area contributed by atoms with Crippen LogP contribution in [0.3, 0.4) is 0 Å². The molecule has 2 heterocycles. The Morgan fingerprint density at radius 2 is 1.85 bits per heavy atom. The van der Waals surface area contributed by atoms with E-state index in [-0.39, 0.29) is 5.82 Å². The van der Waals surface area contributed by atoms with Crippen molar-refractivity contribution in [3.8, 4) is 11.4 Å². The Morgan fingerprint density at radius 3 is 2.50 bits per heavy atom. The summed E-state index contributed by atoms with van der Waals surface area (Å²) < 4.78 is 18.0. The Balaban J connectivity index is 1.69. The van der Waals surface area contributed by atoms with E-state index in [1.165, 1.54) is 12.1 Å². The molecule has 0 spiro atoms. The van der Waals surface area contributed by atoms with Crippen LogP contribution in [0.15, 0.2) is 28.8 Å². The number of benzene rings is 1. The van der Waals surface area contributed by atoms with Gasteiger partial charge in [-0.2, -0.15) is 4.98 Å². The molecule has 1 fully saturated rings. The van der Waals surface area contributed by atoms with E-state index < -0.39 is 12.2 Å². The summed E-state index contributed by atoms with van der Waals surface area (Å²) in [5.74, 6) is 0.462. The highest BCUT2D eigenvalue weighted by Gasteiger charge is 2.30. The van der Waals surface area contributed by atoms with Crippen LogP contribution in [0.2, 0.25) is 0 Å². The third-order valence-corrected chi connectivity index (χ3v) is 3.26. The predicted octanol–water partition coefficient (Wildman–Crippen LogP) is 0.413. The Kier molecular flexibility index (Phi) is 3.47. The van der Waals surface area contributed by atoms with Gasteiger partial charge in [0.1, 0.15) is 5.82 Å². The first-order valence-electron chi connectivity index (χ1n) is 6.29. The molecule has 1 aromatic heterocycles. The number of aromatic nitrogens is 2. The summed E-state index contributed by atoms with van der Waals surface area (Å²) in [6.07, 6.45) is -1.48. The van der Waals surface area contributed by atoms with Crippen molar-refractivity contribution in [2.24, 2.45) is 0 Å². The highest BCUT2D eigenvalue weighted by Crippen LogP contribution is 2.18. The van der Waals surface area contributed by atoms with Crippen LogP contribution in [-0.2, 0) is 6.54 Å². The summed E-state index contributed by atoms with van der Waals surface area (Å²) in [6, 6.07) is 5.82. The lowest BCUT2D eigenvalue weighted by atomic mass is 10.2. The van der Waals surface area contributed by atoms with E-state index in [0.717, 1.165) is 0 Å². The quantitative estimate of drug-likeness (QED) is 0.847. The number of likely N-dealkylation sites (tertiary alicyclic amines) is 1. The van der Waals surface area contributed by atoms with Gasteiger partial charge < -0.3 is 14.7 Å². The molecule has 0 saturated carbocycles. The molecular weight excluding hydrogens is 265 g/mol. The second kappa shape index (κ2) is 5.28. The van der Waals surface area contributed by atoms with Crippen LogP contribution in [0.4, 0.5) is 4.39 Å². The molecule has 1 saturated heterocycles. The number of rotatable bonds is 3. The molecule has 1 aromatic carbocycles. The summed E-state index contributed by atoms with van der Waals surface area (Å²) >= 11 is 0. The van der Waals surface area contributed by atoms with E-state index in [4.69, 9.17) is 4.52 Å². The van der Waals surface area contributed by atoms with Crippen LogP contribution in [0.5, 0.6) is 0 Å². The van der Waals surface area contributed by atoms with Crippen molar-refractivity contribution in [2.75, 3.05) is 13.1 Å². The maximum Gasteiger partial charge on any atom is 0.241 e. The highest BCUT2D eigenvalue weighted by molar-refractivity contribution is 5.53. The first kappa shape index (κ1) is 13.2. The van der Waals surface area contributed by atoms with Crippen molar-refractivity contribution in [1.82, 2.24) is 15.0 Å². The van der Waals surface area contributed by atoms with Gasteiger partial charge >= 0.3 is 0 Å². The molecule has 0 radical (unpaired) electrons. The van der Waals surface area contributed by atoms with Crippen molar-refractivity contribution in [1.29, 1.82) is 0 Å². The molecule has 0 bridgehead atoms. The maximum atomic E-state index is 12.8. The van der Waals surface area contributed by atoms with Crippen molar-refractivity contribution in [3.63, 3.8) is 0 Å². The van der Waals surface area contributed by atoms with Gasteiger partial charge in [-0.25, -0.2) is 4.39 Å². The average Bonchev–Trinajstić information content (AvgIpc) is 2.99. The Labute approximate surface area is 114 Å². The number of hydrogen-bond acceptors (Lipinski definition) is 6. The first-order chi connectivity index (χ1) is 9.61. The van der Waals surface area contributed by atoms with E-state index in [1.807, 2.05) is 4.90 Å². The van der Waals surface area contributed by atoms with Gasteiger partial charge in [-0.3, -0.25) is 4.90 Å². The average molecular weight is 279 g/mol. The van der Waals surface area contributed by atoms with E-state index in [9.17, 15) is 14.6 Å². The molecule has 20 heavy (non-hydrogen) atoms. The van der Waals surface area contributed by atoms with Gasteiger partial charge in [0.25, 0.3) is 0 Å². The predicted molar refractivity (Wildman–Crippen MR) is 67.0 cm³/mol. The van der Waals surface area contributed by atoms with Gasteiger partial charge in [-0.1, -0.05) is 5.16 Å². The van der Waals surface area contributed by atoms with Crippen LogP contribution in [-0.4, -0.2) is 50.6 Å². The van der Waals surface area contributed by atoms with Crippen LogP contribution in [0.25, 0.3) is 11.4 Å². The van der Waals surface area contributed by atoms with E-state index in [0.29, 0.717) is 36.9 Å². The van der Waals surface area contributed by atoms with Gasteiger partial charge in [0.2, 0.25) is 11.7 Å². The maximum absolute atomic E-state index is 12.8. The summed E-state index contributed by atoms with van der Waals surface area (Å²) in [6.45, 7) is 1.10. The number of halogens is 1. The van der Waals surface area contributed by atoms with Gasteiger partial charge in [-0.15, -0.1) is 0 Å². The number of β-amino-alcohol motifs (C(OH)–C–C–N with tert-alkyl or cyclic N) is 2. The van der Waals surface area contributed by atoms with E-state index in [1.54, 1.807) is 12.1 Å². The molecule has 106 valence electrons. The van der Waals surface area contributed by atoms with Crippen LogP contribution >= 0.6 is 0 Å². The molecule has 2 unspecified atom stereocenters. The fraction of sp³-hybridized carbons (Fsp3) is 0.385. The first-order valence-corrected chi connectivity index (χ1v) is 6.29. The number of nitrogens with zero attached hydrogens (tertiary/aromatic N) is 3. The third-order valence-electron chi connectivity index (χ3n) is 3.26. The Hall–Kier alpha value is -1.83. The highest BCUT2D eigenvalue weighted by atomic mass is 19.1. The number of hydrogen-bond donors (Lipinski definition) is 2. The number of aliphatic hydroxyl groups is 2. The molecular formula is C13H14FN3O3. The van der Waals surface area contributed by atoms with Gasteiger partial charge in [0.05, 0.1) is 18.8 Å². The minimum absolute atomic E-state index is 0.322. The summed E-state index contributed by atoms with van der Waals surface area (Å²) in [7, 11) is 0. The van der Waals surface area contributed by atoms with Crippen molar-refractivity contribution in [2.45, 2.75) is 18.8 Å². The second-order valence-electron chi connectivity index (χ2n) is 4.85. The lowest BCUT2D eigenvalue weighted by Crippen LogP contribution is -2.22. The van der Waals surface area contributed by atoms with Crippen LogP contribution < -0.4 is 0 Å². The standard InChI is InChI=1S/C13H14FN3O3/c14-9-3-1-8(2-4-9)13-15-12(20-16-13)7-17-5-10(18)11(19)6-17/h1-4,10-11,18-19H,5-7H2. The van der Waals surface area contributed by atoms with Crippen molar-refractivity contribution in [3.05, 3.63) is 36.0 Å². The van der Waals surface area contributed by atoms with Gasteiger partial charge in [0, 0.05) is 18.7 Å². The SMILES string of the molecule is OC1CN(Cc2nc(-c3ccc(F)cc3)no2)CC1O. The lowest BCUT2D eigenvalue weighted by Gasteiger charge is -2.10. The van der Waals surface area contributed by atoms with E-state index >= 15 is 0 Å². The largest absolute Gasteiger partial charge is 0.389 e. The molecule has 2 atom stereocenters. The molecule has 1 aliphatic rings. The topological polar surface area (TPSA) is 82.6 Å². The third kappa shape index (κ3) is 2.69. The lowest BCUT2D eigenvalue weighted by molar-refractivity contribution is 0.0572. The molecule has 3 rings (SSSR count). The van der Waals surface area contributed by atoms with E-state index in [2.05, 4.69) is 10.1 Å². The molecule has 1 aliphatic heterocycles. The Bertz CT molecular complexity index is 577. The molecule has 2 N–H and O–H groups in total. The minimum atomic E-state index is -0.741. The zero-order valence-electron chi connectivity index (χ0n) is 10.6. The number of aliphatic hydroxyl groups excluding tert-OH is 2. The molecule has 2 aromatic rings. The zero-order chi connectivity index (χ0) is 14.1. The molecule has 7 heteroatoms. The summed E-state index contributed by atoms with van der Waals surface area (Å²) in [5.41, 5.74) is 0.669. The zero-order valence-corrected chi connectivity index (χ0v) is 10.6. The fourth-order valence-corrected chi connectivity index (χ4v) is 2.20. The van der Waals surface area contributed by atoms with Crippen LogP contribution in [0.1, 0.15) is 5.89 Å². The molecule has 0 aliphatic carbocycles. The van der Waals surface area contributed by atoms with Crippen molar-refractivity contribution >= 4 is 0 Å². The van der Waals surface area contributed by atoms with Crippen LogP contribution in [0, 0.1) is 5.82 Å². The Morgan fingerprint density at radius 1 is 1.20 bits per heavy atom. The van der Waals surface area contributed by atoms with Crippen molar-refractivity contribution < 1.29 is 19.1 Å². The summed E-state index contributed by atoms with van der Waals surface area (Å²) in [5, 5.41) is 22.8. The fourth-order valence-electron chi connectivity index (χ4n) is 2.20. The van der Waals surface area contributed by atoms with Gasteiger partial charge in [-0.05, 0) is 24.3 Å². The normalized spacial score (nSPS) is 23.4. The smallest absolute Gasteiger partial charge is 0.241 e. The van der Waals surface area contributed by atoms with Gasteiger partial charge in [0.15, 0.2) is 0 Å². The summed E-state index contributed by atoms with van der Waals surface area (Å²) in [4.78, 5) is 6.05. The monoisotopic (exact) mass is 279 g/mol. The minimum Gasteiger partial charge on any atom is -0.389 e.